The van der Waals surface area contributed by atoms with Crippen molar-refractivity contribution in [3.63, 3.8) is 0 Å². The predicted octanol–water partition coefficient (Wildman–Crippen LogP) is 5.81. The van der Waals surface area contributed by atoms with Crippen LogP contribution in [0.3, 0.4) is 0 Å². The third-order valence-electron chi connectivity index (χ3n) is 6.10. The van der Waals surface area contributed by atoms with Crippen molar-refractivity contribution in [3.05, 3.63) is 70.6 Å². The summed E-state index contributed by atoms with van der Waals surface area (Å²) in [6, 6.07) is 11.4. The van der Waals surface area contributed by atoms with E-state index in [0.29, 0.717) is 48.9 Å². The lowest BCUT2D eigenvalue weighted by Crippen LogP contribution is -2.25. The fourth-order valence-corrected chi connectivity index (χ4v) is 5.25. The van der Waals surface area contributed by atoms with Crippen LogP contribution in [0.15, 0.2) is 57.9 Å². The Labute approximate surface area is 234 Å². The summed E-state index contributed by atoms with van der Waals surface area (Å²) in [5, 5.41) is 3.22. The first-order chi connectivity index (χ1) is 19.7. The van der Waals surface area contributed by atoms with Gasteiger partial charge in [-0.25, -0.2) is 28.9 Å². The van der Waals surface area contributed by atoms with Crippen molar-refractivity contribution in [1.29, 1.82) is 0 Å². The summed E-state index contributed by atoms with van der Waals surface area (Å²) in [4.78, 5) is 39.8. The molecule has 0 saturated heterocycles. The van der Waals surface area contributed by atoms with Gasteiger partial charge in [-0.2, -0.15) is 0 Å². The van der Waals surface area contributed by atoms with E-state index in [1.165, 1.54) is 30.6 Å². The zero-order chi connectivity index (χ0) is 28.7. The number of rotatable bonds is 7. The van der Waals surface area contributed by atoms with E-state index in [1.807, 2.05) is 19.1 Å². The molecular weight excluding hydrogens is 553 g/mol. The summed E-state index contributed by atoms with van der Waals surface area (Å²) >= 11 is 1.37. The predicted molar refractivity (Wildman–Crippen MR) is 151 cm³/mol. The van der Waals surface area contributed by atoms with E-state index in [9.17, 15) is 14.0 Å². The number of aryl methyl sites for hydroxylation is 1. The number of H-pyrrole nitrogens is 1. The molecule has 41 heavy (non-hydrogen) atoms. The number of aromatic nitrogens is 4. The largest absolute Gasteiger partial charge is 0.487 e. The molecule has 0 unspecified atom stereocenters. The second kappa shape index (κ2) is 10.5. The van der Waals surface area contributed by atoms with Gasteiger partial charge >= 0.3 is 11.8 Å². The van der Waals surface area contributed by atoms with E-state index in [2.05, 4.69) is 25.3 Å². The highest BCUT2D eigenvalue weighted by Crippen LogP contribution is 2.37. The van der Waals surface area contributed by atoms with Crippen molar-refractivity contribution in [3.8, 4) is 22.2 Å². The van der Waals surface area contributed by atoms with Crippen LogP contribution in [0.5, 0.6) is 11.6 Å². The first-order valence-corrected chi connectivity index (χ1v) is 13.2. The smallest absolute Gasteiger partial charge is 0.417 e. The van der Waals surface area contributed by atoms with Crippen LogP contribution in [0, 0.1) is 12.7 Å². The summed E-state index contributed by atoms with van der Waals surface area (Å²) in [5.74, 6) is -0.767. The Balaban J connectivity index is 1.15. The first kappa shape index (κ1) is 26.2. The molecule has 6 rings (SSSR count). The topological polar surface area (TPSA) is 141 Å². The number of benzene rings is 3. The molecule has 0 fully saturated rings. The first-order valence-electron chi connectivity index (χ1n) is 12.4. The maximum absolute atomic E-state index is 14.9. The van der Waals surface area contributed by atoms with Crippen molar-refractivity contribution in [2.75, 3.05) is 19.0 Å². The maximum Gasteiger partial charge on any atom is 0.417 e. The minimum absolute atomic E-state index is 0.00937. The number of fused-ring (bicyclic) bond motifs is 3. The number of hydrogen-bond acceptors (Lipinski definition) is 10. The average molecular weight is 576 g/mol. The molecule has 1 atom stereocenters. The number of nitrogens with zero attached hydrogens (tertiary/aromatic N) is 3. The molecule has 208 valence electrons. The van der Waals surface area contributed by atoms with Crippen LogP contribution in [0.25, 0.3) is 42.9 Å². The zero-order valence-corrected chi connectivity index (χ0v) is 22.8. The van der Waals surface area contributed by atoms with Crippen molar-refractivity contribution in [2.45, 2.75) is 20.0 Å². The van der Waals surface area contributed by atoms with Gasteiger partial charge in [0.25, 0.3) is 0 Å². The number of aromatic amines is 1. The summed E-state index contributed by atoms with van der Waals surface area (Å²) < 4.78 is 36.8. The minimum atomic E-state index is -0.743. The monoisotopic (exact) mass is 575 g/mol. The molecule has 1 amide bonds. The van der Waals surface area contributed by atoms with Gasteiger partial charge in [0, 0.05) is 29.4 Å². The number of carbonyl (C=O) groups excluding carboxylic acids is 1. The molecule has 3 aromatic carbocycles. The molecule has 6 aromatic rings. The number of anilines is 1. The number of oxazole rings is 1. The van der Waals surface area contributed by atoms with Crippen LogP contribution in [0.1, 0.15) is 12.5 Å². The van der Waals surface area contributed by atoms with Gasteiger partial charge in [0.05, 0.1) is 40.1 Å². The molecule has 3 aromatic heterocycles. The molecule has 11 nitrogen and oxygen atoms in total. The lowest BCUT2D eigenvalue weighted by molar-refractivity contribution is 0.0844. The molecule has 3 heterocycles. The number of ether oxygens (including phenoxy) is 3. The van der Waals surface area contributed by atoms with Gasteiger partial charge in [-0.15, -0.1) is 11.3 Å². The fraction of sp³-hybridized carbons (Fsp3) is 0.179. The zero-order valence-electron chi connectivity index (χ0n) is 22.0. The number of carbonyl (C=O) groups is 1. The molecule has 13 heteroatoms. The molecule has 0 aliphatic rings. The lowest BCUT2D eigenvalue weighted by Gasteiger charge is -2.15. The molecular formula is C28H22FN5O6S. The Kier molecular flexibility index (Phi) is 6.71. The molecule has 0 radical (unpaired) electrons. The summed E-state index contributed by atoms with van der Waals surface area (Å²) in [5.41, 5.74) is 4.74. The Bertz CT molecular complexity index is 2000. The molecule has 2 N–H and O–H groups in total. The standard InChI is InChI=1S/C28H22FN5O6S/c1-13-6-16(25-20(7-13)32-24(37-3)11-30-25)26-33-19-9-17(29)21(10-23(19)41-26)38-12-14(2)39-27(35)31-15-4-5-18-22(8-15)40-28(36)34-18/h4-11,14H,12H2,1-3H3,(H,31,35)(H,34,36)/t14-/m1/s1. The van der Waals surface area contributed by atoms with Crippen molar-refractivity contribution >= 4 is 55.5 Å². The Morgan fingerprint density at radius 2 is 2.02 bits per heavy atom. The summed E-state index contributed by atoms with van der Waals surface area (Å²) in [6.07, 6.45) is 0.0985. The van der Waals surface area contributed by atoms with Crippen LogP contribution in [0.2, 0.25) is 0 Å². The minimum Gasteiger partial charge on any atom is -0.487 e. The molecule has 0 spiro atoms. The normalized spacial score (nSPS) is 12.1. The number of hydrogen-bond donors (Lipinski definition) is 2. The Hall–Kier alpha value is -5.04. The van der Waals surface area contributed by atoms with E-state index in [0.717, 1.165) is 11.1 Å². The van der Waals surface area contributed by atoms with Crippen LogP contribution >= 0.6 is 11.3 Å². The van der Waals surface area contributed by atoms with E-state index in [1.54, 1.807) is 31.3 Å². The fourth-order valence-electron chi connectivity index (χ4n) is 4.26. The summed E-state index contributed by atoms with van der Waals surface area (Å²) in [7, 11) is 1.53. The van der Waals surface area contributed by atoms with Crippen molar-refractivity contribution in [1.82, 2.24) is 19.9 Å². The van der Waals surface area contributed by atoms with Crippen LogP contribution in [-0.2, 0) is 4.74 Å². The van der Waals surface area contributed by atoms with Crippen molar-refractivity contribution in [2.24, 2.45) is 0 Å². The van der Waals surface area contributed by atoms with Gasteiger partial charge < -0.3 is 18.6 Å². The van der Waals surface area contributed by atoms with Crippen LogP contribution in [0.4, 0.5) is 14.9 Å². The van der Waals surface area contributed by atoms with Crippen LogP contribution < -0.4 is 20.5 Å². The highest BCUT2D eigenvalue weighted by Gasteiger charge is 2.17. The molecule has 0 bridgehead atoms. The SMILES string of the molecule is COc1cnc2c(-c3nc4cc(F)c(OC[C@@H](C)OC(=O)Nc5ccc6[nH]c(=O)oc6c5)cc4s3)cc(C)cc2n1. The number of halogens is 1. The van der Waals surface area contributed by atoms with E-state index in [4.69, 9.17) is 18.6 Å². The highest BCUT2D eigenvalue weighted by atomic mass is 32.1. The molecule has 0 aliphatic heterocycles. The highest BCUT2D eigenvalue weighted by molar-refractivity contribution is 7.21. The average Bonchev–Trinajstić information content (AvgIpc) is 3.52. The summed E-state index contributed by atoms with van der Waals surface area (Å²) in [6.45, 7) is 3.48. The van der Waals surface area contributed by atoms with Gasteiger partial charge in [0.1, 0.15) is 17.7 Å². The third-order valence-corrected chi connectivity index (χ3v) is 7.15. The lowest BCUT2D eigenvalue weighted by atomic mass is 10.1. The second-order valence-corrected chi connectivity index (χ2v) is 10.3. The Morgan fingerprint density at radius 3 is 2.85 bits per heavy atom. The number of amides is 1. The van der Waals surface area contributed by atoms with E-state index >= 15 is 0 Å². The number of methoxy groups -OCH3 is 1. The molecule has 0 saturated carbocycles. The van der Waals surface area contributed by atoms with Crippen LogP contribution in [-0.4, -0.2) is 45.8 Å². The van der Waals surface area contributed by atoms with Crippen molar-refractivity contribution < 1.29 is 27.8 Å². The van der Waals surface area contributed by atoms with E-state index in [-0.39, 0.29) is 12.4 Å². The van der Waals surface area contributed by atoms with Gasteiger partial charge in [-0.3, -0.25) is 10.3 Å². The Morgan fingerprint density at radius 1 is 1.17 bits per heavy atom. The second-order valence-electron chi connectivity index (χ2n) is 9.24. The molecule has 0 aliphatic carbocycles. The maximum atomic E-state index is 14.9. The van der Waals surface area contributed by atoms with Gasteiger partial charge in [0.15, 0.2) is 17.1 Å². The third kappa shape index (κ3) is 5.39. The van der Waals surface area contributed by atoms with Gasteiger partial charge in [-0.1, -0.05) is 0 Å². The van der Waals surface area contributed by atoms with E-state index < -0.39 is 23.8 Å². The number of nitrogens with one attached hydrogen (secondary N) is 2. The van der Waals surface area contributed by atoms with Gasteiger partial charge in [-0.05, 0) is 43.7 Å². The van der Waals surface area contributed by atoms with Gasteiger partial charge in [0.2, 0.25) is 5.88 Å². The quantitative estimate of drug-likeness (QED) is 0.241. The number of thiazole rings is 1.